The van der Waals surface area contributed by atoms with Crippen LogP contribution < -0.4 is 0 Å². The largest absolute Gasteiger partial charge is 2.00 e. The SMILES string of the molecule is C1CCOC1.C1CCOC1.[CH]1[CH][C](CC[C]2[CH][CH][C]3C=CC=C[C]32)[C]2C=CC=C[C]12.[Mg+2]. The van der Waals surface area contributed by atoms with Crippen LogP contribution in [0.1, 0.15) is 38.5 Å². The van der Waals surface area contributed by atoms with E-state index in [1.807, 2.05) is 0 Å². The number of fused-ring (bicyclic) bond motifs is 2. The summed E-state index contributed by atoms with van der Waals surface area (Å²) in [6.45, 7) is 4.00. The van der Waals surface area contributed by atoms with Gasteiger partial charge in [-0.15, -0.1) is 0 Å². The Hall–Kier alpha value is -0.354. The number of ether oxygens (including phenoxy) is 2. The van der Waals surface area contributed by atoms with Gasteiger partial charge >= 0.3 is 23.1 Å². The van der Waals surface area contributed by atoms with Crippen molar-refractivity contribution in [1.82, 2.24) is 0 Å². The maximum Gasteiger partial charge on any atom is 2.00 e. The van der Waals surface area contributed by atoms with E-state index in [1.165, 1.54) is 61.2 Å². The summed E-state index contributed by atoms with van der Waals surface area (Å²) in [4.78, 5) is 0. The summed E-state index contributed by atoms with van der Waals surface area (Å²) in [6, 6.07) is 0. The van der Waals surface area contributed by atoms with Gasteiger partial charge in [-0.3, -0.25) is 0 Å². The average Bonchev–Trinajstić information content (AvgIpc) is 3.61. The molecule has 3 heteroatoms. The van der Waals surface area contributed by atoms with Crippen LogP contribution in [0, 0.1) is 61.2 Å². The summed E-state index contributed by atoms with van der Waals surface area (Å²) in [5, 5.41) is 0. The average molecular weight is 425 g/mol. The van der Waals surface area contributed by atoms with Crippen LogP contribution >= 0.6 is 0 Å². The van der Waals surface area contributed by atoms with Crippen LogP contribution in [0.3, 0.4) is 0 Å². The fourth-order valence-corrected chi connectivity index (χ4v) is 4.16. The van der Waals surface area contributed by atoms with Crippen molar-refractivity contribution in [3.8, 4) is 0 Å². The number of hydrogen-bond acceptors (Lipinski definition) is 2. The Labute approximate surface area is 206 Å². The van der Waals surface area contributed by atoms with Gasteiger partial charge < -0.3 is 9.47 Å². The number of rotatable bonds is 3. The molecule has 0 N–H and O–H groups in total. The summed E-state index contributed by atoms with van der Waals surface area (Å²) in [7, 11) is 0. The molecule has 0 amide bonds. The first-order valence-electron chi connectivity index (χ1n) is 11.3. The monoisotopic (exact) mass is 424 g/mol. The Morgan fingerprint density at radius 3 is 1.26 bits per heavy atom. The van der Waals surface area contributed by atoms with Crippen LogP contribution in [0.15, 0.2) is 48.6 Å². The standard InChI is InChI=1S/C20H16.2C4H8O.Mg/c1-3-7-19-15(5-1)9-11-17(19)13-14-18-12-10-16-6-2-4-8-20(16)18;2*1-2-4-5-3-1;/h1-12H,13-14H2;2*1-4H2;/q;;;+2. The maximum atomic E-state index is 4.94. The van der Waals surface area contributed by atoms with Crippen molar-refractivity contribution in [2.75, 3.05) is 26.4 Å². The Balaban J connectivity index is 0.000000204. The zero-order chi connectivity index (χ0) is 20.4. The molecular formula is C28H32MgO2+2. The molecule has 2 saturated carbocycles. The molecule has 0 unspecified atom stereocenters. The molecule has 6 rings (SSSR count). The molecule has 0 aromatic rings. The second kappa shape index (κ2) is 14.0. The van der Waals surface area contributed by atoms with Crippen LogP contribution in [-0.4, -0.2) is 49.5 Å². The molecular weight excluding hydrogens is 393 g/mol. The van der Waals surface area contributed by atoms with Gasteiger partial charge in [-0.25, -0.2) is 0 Å². The van der Waals surface area contributed by atoms with Gasteiger partial charge in [0.15, 0.2) is 0 Å². The molecule has 2 saturated heterocycles. The van der Waals surface area contributed by atoms with Gasteiger partial charge in [0.1, 0.15) is 0 Å². The van der Waals surface area contributed by atoms with Crippen molar-refractivity contribution in [3.05, 3.63) is 110 Å². The Morgan fingerprint density at radius 1 is 0.516 bits per heavy atom. The molecule has 2 aliphatic heterocycles. The molecule has 4 aliphatic carbocycles. The van der Waals surface area contributed by atoms with E-state index in [2.05, 4.69) is 74.3 Å². The van der Waals surface area contributed by atoms with Gasteiger partial charge in [0, 0.05) is 50.1 Å². The first-order valence-corrected chi connectivity index (χ1v) is 11.3. The van der Waals surface area contributed by atoms with Gasteiger partial charge in [0.05, 0.1) is 0 Å². The van der Waals surface area contributed by atoms with Crippen molar-refractivity contribution in [3.63, 3.8) is 0 Å². The van der Waals surface area contributed by atoms with Crippen LogP contribution in [0.2, 0.25) is 0 Å². The fourth-order valence-electron chi connectivity index (χ4n) is 4.16. The third-order valence-electron chi connectivity index (χ3n) is 5.86. The third-order valence-corrected chi connectivity index (χ3v) is 5.86. The predicted molar refractivity (Wildman–Crippen MR) is 128 cm³/mol. The smallest absolute Gasteiger partial charge is 0.381 e. The van der Waals surface area contributed by atoms with Crippen LogP contribution in [0.4, 0.5) is 0 Å². The molecule has 10 radical (unpaired) electrons. The van der Waals surface area contributed by atoms with Crippen molar-refractivity contribution in [1.29, 1.82) is 0 Å². The molecule has 2 nitrogen and oxygen atoms in total. The molecule has 6 aliphatic rings. The van der Waals surface area contributed by atoms with Crippen molar-refractivity contribution >= 4 is 23.1 Å². The summed E-state index contributed by atoms with van der Waals surface area (Å²) < 4.78 is 9.89. The molecule has 2 heterocycles. The minimum Gasteiger partial charge on any atom is -0.381 e. The van der Waals surface area contributed by atoms with Crippen molar-refractivity contribution in [2.24, 2.45) is 0 Å². The first kappa shape index (κ1) is 25.3. The van der Waals surface area contributed by atoms with E-state index < -0.39 is 0 Å². The van der Waals surface area contributed by atoms with Gasteiger partial charge in [-0.1, -0.05) is 48.6 Å². The molecule has 156 valence electrons. The second-order valence-electron chi connectivity index (χ2n) is 8.03. The quantitative estimate of drug-likeness (QED) is 0.555. The van der Waals surface area contributed by atoms with Crippen molar-refractivity contribution < 1.29 is 9.47 Å². The maximum absolute atomic E-state index is 4.94. The topological polar surface area (TPSA) is 18.5 Å². The van der Waals surface area contributed by atoms with Crippen LogP contribution in [0.5, 0.6) is 0 Å². The Kier molecular flexibility index (Phi) is 11.4. The van der Waals surface area contributed by atoms with Gasteiger partial charge in [0.2, 0.25) is 0 Å². The van der Waals surface area contributed by atoms with E-state index in [-0.39, 0.29) is 23.1 Å². The summed E-state index contributed by atoms with van der Waals surface area (Å²) in [5.74, 6) is 8.45. The minimum atomic E-state index is 0. The Bertz CT molecular complexity index is 545. The molecule has 0 aromatic carbocycles. The number of hydrogen-bond donors (Lipinski definition) is 0. The normalized spacial score (nSPS) is 26.2. The molecule has 0 spiro atoms. The summed E-state index contributed by atoms with van der Waals surface area (Å²) in [6.07, 6.45) is 33.7. The minimum absolute atomic E-state index is 0. The van der Waals surface area contributed by atoms with Crippen molar-refractivity contribution in [2.45, 2.75) is 38.5 Å². The molecule has 31 heavy (non-hydrogen) atoms. The third kappa shape index (κ3) is 7.59. The molecule has 0 atom stereocenters. The van der Waals surface area contributed by atoms with E-state index >= 15 is 0 Å². The van der Waals surface area contributed by atoms with E-state index in [0.717, 1.165) is 39.3 Å². The molecule has 4 fully saturated rings. The fraction of sp³-hybridized carbons (Fsp3) is 0.357. The zero-order valence-corrected chi connectivity index (χ0v) is 19.9. The number of allylic oxidation sites excluding steroid dienone is 8. The summed E-state index contributed by atoms with van der Waals surface area (Å²) in [5.41, 5.74) is 0. The van der Waals surface area contributed by atoms with E-state index in [0.29, 0.717) is 0 Å². The van der Waals surface area contributed by atoms with Crippen LogP contribution in [-0.2, 0) is 9.47 Å². The van der Waals surface area contributed by atoms with Gasteiger partial charge in [0.25, 0.3) is 0 Å². The van der Waals surface area contributed by atoms with E-state index in [9.17, 15) is 0 Å². The van der Waals surface area contributed by atoms with E-state index in [4.69, 9.17) is 9.47 Å². The molecule has 0 aromatic heterocycles. The second-order valence-corrected chi connectivity index (χ2v) is 8.03. The predicted octanol–water partition coefficient (Wildman–Crippen LogP) is 5.52. The van der Waals surface area contributed by atoms with Gasteiger partial charge in [-0.05, 0) is 76.0 Å². The van der Waals surface area contributed by atoms with Crippen LogP contribution in [0.25, 0.3) is 0 Å². The molecule has 0 bridgehead atoms. The summed E-state index contributed by atoms with van der Waals surface area (Å²) >= 11 is 0. The first-order chi connectivity index (χ1) is 14.9. The Morgan fingerprint density at radius 2 is 0.903 bits per heavy atom. The van der Waals surface area contributed by atoms with Gasteiger partial charge in [-0.2, -0.15) is 0 Å². The zero-order valence-electron chi connectivity index (χ0n) is 18.5. The van der Waals surface area contributed by atoms with E-state index in [1.54, 1.807) is 0 Å².